The number of carboxylic acid groups (broad SMARTS) is 1. The summed E-state index contributed by atoms with van der Waals surface area (Å²) in [6.45, 7) is 5.71. The van der Waals surface area contributed by atoms with Crippen molar-refractivity contribution >= 4 is 23.6 Å². The number of carbonyl (C=O) groups excluding carboxylic acids is 1. The molecule has 1 N–H and O–H groups in total. The lowest BCUT2D eigenvalue weighted by Crippen LogP contribution is -2.45. The number of carbonyl (C=O) groups is 2. The van der Waals surface area contributed by atoms with E-state index in [2.05, 4.69) is 0 Å². The van der Waals surface area contributed by atoms with Gasteiger partial charge in [0.25, 0.3) is 5.91 Å². The molecule has 2 unspecified atom stereocenters. The number of hydrogen-bond acceptors (Lipinski definition) is 3. The summed E-state index contributed by atoms with van der Waals surface area (Å²) in [6.07, 6.45) is 0. The summed E-state index contributed by atoms with van der Waals surface area (Å²) in [7, 11) is 0. The molecule has 1 aromatic rings. The van der Waals surface area contributed by atoms with Crippen molar-refractivity contribution in [1.29, 1.82) is 0 Å². The first kappa shape index (κ1) is 13.9. The van der Waals surface area contributed by atoms with E-state index in [9.17, 15) is 14.7 Å². The Morgan fingerprint density at radius 1 is 1.37 bits per heavy atom. The number of rotatable bonds is 2. The molecular formula is C14H17NO3S. The standard InChI is InChI=1S/C14H17NO3S/c1-8-5-4-6-11(9(8)2)13(16)15-10(3)19-7-12(15)14(17)18/h4-6,10,12H,7H2,1-3H3,(H,17,18). The van der Waals surface area contributed by atoms with Gasteiger partial charge in [0.2, 0.25) is 0 Å². The first-order valence-corrected chi connectivity index (χ1v) is 7.21. The minimum atomic E-state index is -0.935. The van der Waals surface area contributed by atoms with Gasteiger partial charge < -0.3 is 10.0 Å². The van der Waals surface area contributed by atoms with Crippen molar-refractivity contribution in [2.75, 3.05) is 5.75 Å². The highest BCUT2D eigenvalue weighted by molar-refractivity contribution is 8.00. The molecule has 5 heteroatoms. The Kier molecular flexibility index (Phi) is 3.85. The zero-order chi connectivity index (χ0) is 14.2. The van der Waals surface area contributed by atoms with E-state index in [-0.39, 0.29) is 11.3 Å². The first-order valence-electron chi connectivity index (χ1n) is 6.16. The van der Waals surface area contributed by atoms with E-state index < -0.39 is 12.0 Å². The minimum absolute atomic E-state index is 0.103. The van der Waals surface area contributed by atoms with E-state index >= 15 is 0 Å². The lowest BCUT2D eigenvalue weighted by molar-refractivity contribution is -0.141. The lowest BCUT2D eigenvalue weighted by Gasteiger charge is -2.26. The van der Waals surface area contributed by atoms with Crippen LogP contribution < -0.4 is 0 Å². The Hall–Kier alpha value is -1.49. The highest BCUT2D eigenvalue weighted by atomic mass is 32.2. The van der Waals surface area contributed by atoms with Gasteiger partial charge in [0, 0.05) is 11.3 Å². The summed E-state index contributed by atoms with van der Waals surface area (Å²) in [6, 6.07) is 4.81. The van der Waals surface area contributed by atoms with Crippen LogP contribution in [0.15, 0.2) is 18.2 Å². The smallest absolute Gasteiger partial charge is 0.327 e. The van der Waals surface area contributed by atoms with Crippen molar-refractivity contribution in [2.24, 2.45) is 0 Å². The predicted octanol–water partition coefficient (Wildman–Crippen LogP) is 2.29. The molecule has 2 rings (SSSR count). The highest BCUT2D eigenvalue weighted by Crippen LogP contribution is 2.31. The number of carboxylic acids is 1. The molecule has 19 heavy (non-hydrogen) atoms. The summed E-state index contributed by atoms with van der Waals surface area (Å²) >= 11 is 1.50. The molecule has 102 valence electrons. The van der Waals surface area contributed by atoms with E-state index in [0.717, 1.165) is 11.1 Å². The molecule has 1 aliphatic heterocycles. The zero-order valence-corrected chi connectivity index (χ0v) is 12.0. The maximum absolute atomic E-state index is 12.6. The van der Waals surface area contributed by atoms with Gasteiger partial charge in [0.05, 0.1) is 5.37 Å². The van der Waals surface area contributed by atoms with E-state index in [4.69, 9.17) is 0 Å². The topological polar surface area (TPSA) is 57.6 Å². The van der Waals surface area contributed by atoms with Gasteiger partial charge in [-0.25, -0.2) is 4.79 Å². The van der Waals surface area contributed by atoms with E-state index in [1.54, 1.807) is 6.07 Å². The van der Waals surface area contributed by atoms with Gasteiger partial charge in [-0.15, -0.1) is 11.8 Å². The Bertz CT molecular complexity index is 529. The van der Waals surface area contributed by atoms with Gasteiger partial charge in [-0.3, -0.25) is 4.79 Å². The summed E-state index contributed by atoms with van der Waals surface area (Å²) in [5.74, 6) is -0.672. The van der Waals surface area contributed by atoms with E-state index in [1.807, 2.05) is 32.9 Å². The molecule has 1 saturated heterocycles. The molecule has 1 heterocycles. The van der Waals surface area contributed by atoms with Crippen molar-refractivity contribution in [3.8, 4) is 0 Å². The maximum atomic E-state index is 12.6. The van der Waals surface area contributed by atoms with Crippen LogP contribution in [0.4, 0.5) is 0 Å². The van der Waals surface area contributed by atoms with Crippen LogP contribution in [0.1, 0.15) is 28.4 Å². The van der Waals surface area contributed by atoms with Crippen molar-refractivity contribution in [3.63, 3.8) is 0 Å². The van der Waals surface area contributed by atoms with Crippen LogP contribution in [0.3, 0.4) is 0 Å². The van der Waals surface area contributed by atoms with Crippen molar-refractivity contribution in [2.45, 2.75) is 32.2 Å². The van der Waals surface area contributed by atoms with Crippen molar-refractivity contribution in [1.82, 2.24) is 4.90 Å². The average Bonchev–Trinajstić information content (AvgIpc) is 2.74. The predicted molar refractivity (Wildman–Crippen MR) is 75.4 cm³/mol. The number of benzene rings is 1. The number of hydrogen-bond donors (Lipinski definition) is 1. The molecular weight excluding hydrogens is 262 g/mol. The molecule has 1 amide bonds. The molecule has 4 nitrogen and oxygen atoms in total. The molecule has 0 bridgehead atoms. The molecule has 0 aromatic heterocycles. The average molecular weight is 279 g/mol. The fraction of sp³-hybridized carbons (Fsp3) is 0.429. The van der Waals surface area contributed by atoms with Gasteiger partial charge in [0.1, 0.15) is 6.04 Å². The quantitative estimate of drug-likeness (QED) is 0.902. The van der Waals surface area contributed by atoms with Gasteiger partial charge >= 0.3 is 5.97 Å². The molecule has 0 aliphatic carbocycles. The monoisotopic (exact) mass is 279 g/mol. The lowest BCUT2D eigenvalue weighted by atomic mass is 10.0. The van der Waals surface area contributed by atoms with Gasteiger partial charge in [-0.05, 0) is 38.0 Å². The normalized spacial score (nSPS) is 22.6. The van der Waals surface area contributed by atoms with Gasteiger partial charge in [-0.2, -0.15) is 0 Å². The van der Waals surface area contributed by atoms with Crippen LogP contribution >= 0.6 is 11.8 Å². The number of thioether (sulfide) groups is 1. The third kappa shape index (κ3) is 2.47. The van der Waals surface area contributed by atoms with Gasteiger partial charge in [-0.1, -0.05) is 12.1 Å². The molecule has 0 saturated carbocycles. The fourth-order valence-electron chi connectivity index (χ4n) is 2.26. The maximum Gasteiger partial charge on any atom is 0.327 e. The van der Waals surface area contributed by atoms with Gasteiger partial charge in [0.15, 0.2) is 0 Å². The number of nitrogens with zero attached hydrogens (tertiary/aromatic N) is 1. The molecule has 0 spiro atoms. The number of amides is 1. The SMILES string of the molecule is Cc1cccc(C(=O)N2C(C)SCC2C(=O)O)c1C. The number of aliphatic carboxylic acids is 1. The molecule has 0 radical (unpaired) electrons. The third-order valence-electron chi connectivity index (χ3n) is 3.58. The van der Waals surface area contributed by atoms with Crippen molar-refractivity contribution < 1.29 is 14.7 Å². The Morgan fingerprint density at radius 2 is 2.05 bits per heavy atom. The zero-order valence-electron chi connectivity index (χ0n) is 11.2. The third-order valence-corrected chi connectivity index (χ3v) is 4.80. The second-order valence-electron chi connectivity index (χ2n) is 4.75. The van der Waals surface area contributed by atoms with Crippen LogP contribution in [0.25, 0.3) is 0 Å². The summed E-state index contributed by atoms with van der Waals surface area (Å²) in [5, 5.41) is 9.11. The summed E-state index contributed by atoms with van der Waals surface area (Å²) < 4.78 is 0. The van der Waals surface area contributed by atoms with Crippen LogP contribution in [0, 0.1) is 13.8 Å². The van der Waals surface area contributed by atoms with Crippen LogP contribution in [-0.2, 0) is 4.79 Å². The molecule has 1 fully saturated rings. The molecule has 1 aliphatic rings. The molecule has 2 atom stereocenters. The summed E-state index contributed by atoms with van der Waals surface area (Å²) in [5.41, 5.74) is 2.55. The Morgan fingerprint density at radius 3 is 2.68 bits per heavy atom. The first-order chi connectivity index (χ1) is 8.93. The van der Waals surface area contributed by atoms with E-state index in [0.29, 0.717) is 11.3 Å². The van der Waals surface area contributed by atoms with Crippen LogP contribution in [0.5, 0.6) is 0 Å². The van der Waals surface area contributed by atoms with E-state index in [1.165, 1.54) is 16.7 Å². The summed E-state index contributed by atoms with van der Waals surface area (Å²) in [4.78, 5) is 25.3. The van der Waals surface area contributed by atoms with Crippen LogP contribution in [-0.4, -0.2) is 39.1 Å². The Balaban J connectivity index is 2.37. The second-order valence-corrected chi connectivity index (χ2v) is 6.10. The molecule has 1 aromatic carbocycles. The minimum Gasteiger partial charge on any atom is -0.480 e. The fourth-order valence-corrected chi connectivity index (χ4v) is 3.43. The van der Waals surface area contributed by atoms with Crippen molar-refractivity contribution in [3.05, 3.63) is 34.9 Å². The largest absolute Gasteiger partial charge is 0.480 e. The van der Waals surface area contributed by atoms with Crippen LogP contribution in [0.2, 0.25) is 0 Å². The second kappa shape index (κ2) is 5.25. The number of aryl methyl sites for hydroxylation is 1. The highest BCUT2D eigenvalue weighted by Gasteiger charge is 2.40. The Labute approximate surface area is 116 Å².